The van der Waals surface area contributed by atoms with E-state index in [4.69, 9.17) is 4.74 Å². The Kier molecular flexibility index (Phi) is 5.12. The Morgan fingerprint density at radius 2 is 1.90 bits per heavy atom. The topological polar surface area (TPSA) is 29.5 Å². The van der Waals surface area contributed by atoms with Crippen molar-refractivity contribution in [2.45, 2.75) is 39.4 Å². The van der Waals surface area contributed by atoms with Crippen LogP contribution in [0.15, 0.2) is 24.3 Å². The molecule has 1 aromatic rings. The quantitative estimate of drug-likeness (QED) is 0.801. The molecule has 4 heteroatoms. The molecular formula is C16H22FNO2. The number of benzene rings is 1. The minimum atomic E-state index is -0.237. The smallest absolute Gasteiger partial charge is 0.225 e. The van der Waals surface area contributed by atoms with E-state index in [-0.39, 0.29) is 23.7 Å². The van der Waals surface area contributed by atoms with Crippen molar-refractivity contribution in [3.8, 4) is 0 Å². The van der Waals surface area contributed by atoms with Crippen molar-refractivity contribution in [3.63, 3.8) is 0 Å². The predicted molar refractivity (Wildman–Crippen MR) is 75.6 cm³/mol. The van der Waals surface area contributed by atoms with Gasteiger partial charge >= 0.3 is 0 Å². The number of ether oxygens (including phenoxy) is 1. The van der Waals surface area contributed by atoms with Crippen LogP contribution < -0.4 is 0 Å². The van der Waals surface area contributed by atoms with Crippen LogP contribution >= 0.6 is 0 Å². The van der Waals surface area contributed by atoms with Gasteiger partial charge in [-0.1, -0.05) is 26.0 Å². The normalized spacial score (nSPS) is 15.5. The van der Waals surface area contributed by atoms with E-state index in [2.05, 4.69) is 0 Å². The number of halogens is 1. The van der Waals surface area contributed by atoms with E-state index in [9.17, 15) is 9.18 Å². The standard InChI is InChI=1S/C16H22FNO2/c1-3-13(4-2)16(19)18-9-15(10-18)20-11-12-5-7-14(17)8-6-12/h5-8,13,15H,3-4,9-11H2,1-2H3. The molecule has 0 bridgehead atoms. The van der Waals surface area contributed by atoms with Crippen LogP contribution in [0, 0.1) is 11.7 Å². The van der Waals surface area contributed by atoms with Crippen LogP contribution in [0.2, 0.25) is 0 Å². The first kappa shape index (κ1) is 15.0. The predicted octanol–water partition coefficient (Wildman–Crippen LogP) is 2.99. The number of hydrogen-bond donors (Lipinski definition) is 0. The molecule has 1 fully saturated rings. The summed E-state index contributed by atoms with van der Waals surface area (Å²) >= 11 is 0. The summed E-state index contributed by atoms with van der Waals surface area (Å²) in [5, 5.41) is 0. The van der Waals surface area contributed by atoms with Crippen molar-refractivity contribution in [1.29, 1.82) is 0 Å². The first-order valence-electron chi connectivity index (χ1n) is 7.28. The van der Waals surface area contributed by atoms with Crippen molar-refractivity contribution in [2.75, 3.05) is 13.1 Å². The lowest BCUT2D eigenvalue weighted by Gasteiger charge is -2.40. The average Bonchev–Trinajstić information content (AvgIpc) is 2.40. The third-order valence-electron chi connectivity index (χ3n) is 3.89. The van der Waals surface area contributed by atoms with Crippen molar-refractivity contribution in [3.05, 3.63) is 35.6 Å². The Balaban J connectivity index is 1.71. The maximum atomic E-state index is 12.8. The number of carbonyl (C=O) groups is 1. The molecule has 0 spiro atoms. The molecular weight excluding hydrogens is 257 g/mol. The summed E-state index contributed by atoms with van der Waals surface area (Å²) < 4.78 is 18.5. The van der Waals surface area contributed by atoms with Crippen LogP contribution in [0.4, 0.5) is 4.39 Å². The lowest BCUT2D eigenvalue weighted by Crippen LogP contribution is -2.56. The summed E-state index contributed by atoms with van der Waals surface area (Å²) in [4.78, 5) is 13.9. The molecule has 1 aliphatic rings. The van der Waals surface area contributed by atoms with Gasteiger partial charge in [0.2, 0.25) is 5.91 Å². The molecule has 0 aliphatic carbocycles. The van der Waals surface area contributed by atoms with Gasteiger partial charge in [0.05, 0.1) is 12.7 Å². The van der Waals surface area contributed by atoms with Crippen LogP contribution in [0.3, 0.4) is 0 Å². The van der Waals surface area contributed by atoms with E-state index in [0.717, 1.165) is 18.4 Å². The summed E-state index contributed by atoms with van der Waals surface area (Å²) in [7, 11) is 0. The minimum Gasteiger partial charge on any atom is -0.370 e. The first-order chi connectivity index (χ1) is 9.63. The van der Waals surface area contributed by atoms with E-state index in [1.165, 1.54) is 12.1 Å². The molecule has 1 aromatic carbocycles. The van der Waals surface area contributed by atoms with Gasteiger partial charge in [-0.05, 0) is 30.5 Å². The third kappa shape index (κ3) is 3.57. The van der Waals surface area contributed by atoms with Gasteiger partial charge in [-0.25, -0.2) is 4.39 Å². The summed E-state index contributed by atoms with van der Waals surface area (Å²) in [5.41, 5.74) is 0.955. The highest BCUT2D eigenvalue weighted by atomic mass is 19.1. The fraction of sp³-hybridized carbons (Fsp3) is 0.562. The Labute approximate surface area is 119 Å². The van der Waals surface area contributed by atoms with E-state index < -0.39 is 0 Å². The van der Waals surface area contributed by atoms with E-state index >= 15 is 0 Å². The molecule has 0 saturated carbocycles. The van der Waals surface area contributed by atoms with E-state index in [1.807, 2.05) is 18.7 Å². The largest absolute Gasteiger partial charge is 0.370 e. The van der Waals surface area contributed by atoms with Gasteiger partial charge in [0.1, 0.15) is 5.82 Å². The van der Waals surface area contributed by atoms with E-state index in [1.54, 1.807) is 12.1 Å². The molecule has 1 amide bonds. The Morgan fingerprint density at radius 1 is 1.30 bits per heavy atom. The van der Waals surface area contributed by atoms with Gasteiger partial charge in [-0.15, -0.1) is 0 Å². The number of hydrogen-bond acceptors (Lipinski definition) is 2. The van der Waals surface area contributed by atoms with Gasteiger partial charge in [0, 0.05) is 19.0 Å². The zero-order chi connectivity index (χ0) is 14.5. The molecule has 3 nitrogen and oxygen atoms in total. The number of carbonyl (C=O) groups excluding carboxylic acids is 1. The fourth-order valence-corrected chi connectivity index (χ4v) is 2.41. The number of rotatable bonds is 6. The van der Waals surface area contributed by atoms with Gasteiger partial charge in [-0.2, -0.15) is 0 Å². The third-order valence-corrected chi connectivity index (χ3v) is 3.89. The van der Waals surface area contributed by atoms with Gasteiger partial charge in [0.15, 0.2) is 0 Å². The molecule has 1 heterocycles. The molecule has 0 radical (unpaired) electrons. The number of amides is 1. The van der Waals surface area contributed by atoms with Gasteiger partial charge < -0.3 is 9.64 Å². The zero-order valence-electron chi connectivity index (χ0n) is 12.1. The Bertz CT molecular complexity index is 436. The minimum absolute atomic E-state index is 0.110. The van der Waals surface area contributed by atoms with E-state index in [0.29, 0.717) is 19.7 Å². The number of nitrogens with zero attached hydrogens (tertiary/aromatic N) is 1. The molecule has 0 aromatic heterocycles. The van der Waals surface area contributed by atoms with Crippen LogP contribution in [-0.2, 0) is 16.1 Å². The fourth-order valence-electron chi connectivity index (χ4n) is 2.41. The molecule has 110 valence electrons. The summed E-state index contributed by atoms with van der Waals surface area (Å²) in [6.45, 7) is 5.92. The maximum Gasteiger partial charge on any atom is 0.225 e. The highest BCUT2D eigenvalue weighted by Gasteiger charge is 2.33. The lowest BCUT2D eigenvalue weighted by molar-refractivity contribution is -0.150. The van der Waals surface area contributed by atoms with Crippen molar-refractivity contribution < 1.29 is 13.9 Å². The SMILES string of the molecule is CCC(CC)C(=O)N1CC(OCc2ccc(F)cc2)C1. The second kappa shape index (κ2) is 6.84. The average molecular weight is 279 g/mol. The zero-order valence-corrected chi connectivity index (χ0v) is 12.1. The van der Waals surface area contributed by atoms with Crippen LogP contribution in [0.1, 0.15) is 32.3 Å². The second-order valence-electron chi connectivity index (χ2n) is 5.32. The molecule has 0 N–H and O–H groups in total. The van der Waals surface area contributed by atoms with Crippen molar-refractivity contribution in [1.82, 2.24) is 4.90 Å². The molecule has 0 atom stereocenters. The van der Waals surface area contributed by atoms with Crippen LogP contribution in [0.25, 0.3) is 0 Å². The van der Waals surface area contributed by atoms with Crippen LogP contribution in [0.5, 0.6) is 0 Å². The molecule has 2 rings (SSSR count). The van der Waals surface area contributed by atoms with Crippen LogP contribution in [-0.4, -0.2) is 30.0 Å². The van der Waals surface area contributed by atoms with Gasteiger partial charge in [0.25, 0.3) is 0 Å². The molecule has 0 unspecified atom stereocenters. The second-order valence-corrected chi connectivity index (χ2v) is 5.32. The summed E-state index contributed by atoms with van der Waals surface area (Å²) in [6, 6.07) is 6.31. The Morgan fingerprint density at radius 3 is 2.45 bits per heavy atom. The summed E-state index contributed by atoms with van der Waals surface area (Å²) in [6.07, 6.45) is 1.90. The molecule has 20 heavy (non-hydrogen) atoms. The highest BCUT2D eigenvalue weighted by molar-refractivity contribution is 5.79. The molecule has 1 saturated heterocycles. The monoisotopic (exact) mass is 279 g/mol. The highest BCUT2D eigenvalue weighted by Crippen LogP contribution is 2.20. The molecule has 1 aliphatic heterocycles. The Hall–Kier alpha value is -1.42. The first-order valence-corrected chi connectivity index (χ1v) is 7.28. The van der Waals surface area contributed by atoms with Crippen molar-refractivity contribution in [2.24, 2.45) is 5.92 Å². The number of likely N-dealkylation sites (tertiary alicyclic amines) is 1. The summed E-state index contributed by atoms with van der Waals surface area (Å²) in [5.74, 6) is 0.156. The van der Waals surface area contributed by atoms with Gasteiger partial charge in [-0.3, -0.25) is 4.79 Å². The maximum absolute atomic E-state index is 12.8. The lowest BCUT2D eigenvalue weighted by atomic mass is 9.99. The van der Waals surface area contributed by atoms with Crippen molar-refractivity contribution >= 4 is 5.91 Å².